The van der Waals surface area contributed by atoms with Crippen molar-refractivity contribution in [3.8, 4) is 11.5 Å². The highest BCUT2D eigenvalue weighted by Crippen LogP contribution is 2.31. The summed E-state index contributed by atoms with van der Waals surface area (Å²) < 4.78 is 27.5. The van der Waals surface area contributed by atoms with Crippen molar-refractivity contribution in [1.82, 2.24) is 15.0 Å². The Kier molecular flexibility index (Phi) is 5.42. The summed E-state index contributed by atoms with van der Waals surface area (Å²) in [6, 6.07) is 22.1. The zero-order chi connectivity index (χ0) is 20.1. The molecule has 2 heterocycles. The number of hydrogen-bond acceptors (Lipinski definition) is 4. The maximum atomic E-state index is 13.7. The second-order valence-electron chi connectivity index (χ2n) is 6.20. The van der Waals surface area contributed by atoms with Gasteiger partial charge in [-0.2, -0.15) is 0 Å². The smallest absolute Gasteiger partial charge is 0.250 e. The number of hydrogen-bond donors (Lipinski definition) is 0. The van der Waals surface area contributed by atoms with Crippen LogP contribution in [0.25, 0.3) is 11.5 Å². The van der Waals surface area contributed by atoms with E-state index in [1.807, 2.05) is 60.7 Å². The van der Waals surface area contributed by atoms with E-state index in [2.05, 4.69) is 19.9 Å². The number of nitrogens with zero attached hydrogens (tertiary/aromatic N) is 4. The van der Waals surface area contributed by atoms with Crippen LogP contribution in [0.1, 0.15) is 23.1 Å². The van der Waals surface area contributed by atoms with Gasteiger partial charge in [0, 0.05) is 29.1 Å². The van der Waals surface area contributed by atoms with Gasteiger partial charge in [-0.3, -0.25) is 4.98 Å². The van der Waals surface area contributed by atoms with Crippen LogP contribution < -0.4 is 0 Å². The average Bonchev–Trinajstić information content (AvgIpc) is 2.79. The predicted molar refractivity (Wildman–Crippen MR) is 108 cm³/mol. The summed E-state index contributed by atoms with van der Waals surface area (Å²) in [6.07, 6.45) is 1.72. The van der Waals surface area contributed by atoms with Gasteiger partial charge in [0.05, 0.1) is 17.6 Å². The molecule has 0 aliphatic rings. The number of alkyl halides is 2. The molecule has 0 atom stereocenters. The highest BCUT2D eigenvalue weighted by Gasteiger charge is 2.18. The highest BCUT2D eigenvalue weighted by atomic mass is 19.3. The molecule has 2 aromatic heterocycles. The molecule has 0 bridgehead atoms. The minimum Gasteiger partial charge on any atom is -0.250 e. The van der Waals surface area contributed by atoms with Gasteiger partial charge in [0.15, 0.2) is 5.82 Å². The fourth-order valence-electron chi connectivity index (χ4n) is 2.92. The van der Waals surface area contributed by atoms with E-state index >= 15 is 0 Å². The third kappa shape index (κ3) is 4.21. The Hall–Kier alpha value is -3.80. The standard InChI is InChI=1S/C23H16F2N4/c24-22(25)19-14-18(15-28-21(19)23-26-12-7-13-27-23)29-20(16-8-3-1-4-9-16)17-10-5-2-6-11-17/h1-15,22H. The molecule has 0 spiro atoms. The van der Waals surface area contributed by atoms with Crippen LogP contribution in [0.4, 0.5) is 14.5 Å². The maximum absolute atomic E-state index is 13.7. The molecule has 0 saturated carbocycles. The maximum Gasteiger partial charge on any atom is 0.266 e. The molecule has 0 fully saturated rings. The van der Waals surface area contributed by atoms with E-state index in [0.717, 1.165) is 11.1 Å². The molecular weight excluding hydrogens is 370 g/mol. The molecule has 6 heteroatoms. The first-order valence-electron chi connectivity index (χ1n) is 8.97. The van der Waals surface area contributed by atoms with E-state index in [1.165, 1.54) is 24.7 Å². The number of aliphatic imine (C=N–C) groups is 1. The summed E-state index contributed by atoms with van der Waals surface area (Å²) in [5.41, 5.74) is 2.58. The number of pyridine rings is 1. The van der Waals surface area contributed by atoms with Crippen LogP contribution in [-0.4, -0.2) is 20.7 Å². The normalized spacial score (nSPS) is 10.7. The predicted octanol–water partition coefficient (Wildman–Crippen LogP) is 5.65. The lowest BCUT2D eigenvalue weighted by molar-refractivity contribution is 0.151. The molecule has 0 aliphatic heterocycles. The van der Waals surface area contributed by atoms with E-state index in [0.29, 0.717) is 11.4 Å². The van der Waals surface area contributed by atoms with Crippen LogP contribution in [0.2, 0.25) is 0 Å². The lowest BCUT2D eigenvalue weighted by Crippen LogP contribution is -2.03. The number of benzene rings is 2. The minimum absolute atomic E-state index is 0.0560. The Morgan fingerprint density at radius 1 is 0.759 bits per heavy atom. The molecule has 0 radical (unpaired) electrons. The van der Waals surface area contributed by atoms with Gasteiger partial charge >= 0.3 is 0 Å². The molecule has 0 amide bonds. The first-order chi connectivity index (χ1) is 14.2. The van der Waals surface area contributed by atoms with Crippen molar-refractivity contribution in [1.29, 1.82) is 0 Å². The van der Waals surface area contributed by atoms with Crippen molar-refractivity contribution < 1.29 is 8.78 Å². The summed E-state index contributed by atoms with van der Waals surface area (Å²) >= 11 is 0. The van der Waals surface area contributed by atoms with E-state index in [1.54, 1.807) is 6.07 Å². The van der Waals surface area contributed by atoms with Gasteiger partial charge < -0.3 is 0 Å². The zero-order valence-electron chi connectivity index (χ0n) is 15.3. The first kappa shape index (κ1) is 18.6. The van der Waals surface area contributed by atoms with Gasteiger partial charge in [-0.25, -0.2) is 23.7 Å². The Morgan fingerprint density at radius 3 is 1.90 bits per heavy atom. The molecule has 0 saturated heterocycles. The van der Waals surface area contributed by atoms with Gasteiger partial charge in [-0.05, 0) is 12.1 Å². The van der Waals surface area contributed by atoms with E-state index in [9.17, 15) is 8.78 Å². The SMILES string of the molecule is FC(F)c1cc(N=C(c2ccccc2)c2ccccc2)cnc1-c1ncccn1. The lowest BCUT2D eigenvalue weighted by Gasteiger charge is -2.10. The molecule has 4 nitrogen and oxygen atoms in total. The van der Waals surface area contributed by atoms with Crippen molar-refractivity contribution in [2.75, 3.05) is 0 Å². The molecule has 0 aliphatic carbocycles. The van der Waals surface area contributed by atoms with E-state index in [-0.39, 0.29) is 17.1 Å². The van der Waals surface area contributed by atoms with E-state index in [4.69, 9.17) is 0 Å². The van der Waals surface area contributed by atoms with Crippen LogP contribution in [0.3, 0.4) is 0 Å². The largest absolute Gasteiger partial charge is 0.266 e. The first-order valence-corrected chi connectivity index (χ1v) is 8.97. The fourth-order valence-corrected chi connectivity index (χ4v) is 2.92. The van der Waals surface area contributed by atoms with Crippen molar-refractivity contribution in [3.05, 3.63) is 108 Å². The summed E-state index contributed by atoms with van der Waals surface area (Å²) in [6.45, 7) is 0. The van der Waals surface area contributed by atoms with Gasteiger partial charge in [-0.1, -0.05) is 60.7 Å². The fraction of sp³-hybridized carbons (Fsp3) is 0.0435. The van der Waals surface area contributed by atoms with Crippen molar-refractivity contribution in [2.24, 2.45) is 4.99 Å². The Balaban J connectivity index is 1.84. The van der Waals surface area contributed by atoms with Crippen LogP contribution in [0.5, 0.6) is 0 Å². The quantitative estimate of drug-likeness (QED) is 0.417. The number of aromatic nitrogens is 3. The Labute approximate surface area is 166 Å². The van der Waals surface area contributed by atoms with Crippen LogP contribution in [-0.2, 0) is 0 Å². The number of rotatable bonds is 5. The average molecular weight is 386 g/mol. The summed E-state index contributed by atoms with van der Waals surface area (Å²) in [4.78, 5) is 16.9. The Bertz CT molecular complexity index is 1070. The van der Waals surface area contributed by atoms with Crippen molar-refractivity contribution in [3.63, 3.8) is 0 Å². The molecular formula is C23H16F2N4. The van der Waals surface area contributed by atoms with Crippen LogP contribution in [0.15, 0.2) is 96.4 Å². The zero-order valence-corrected chi connectivity index (χ0v) is 15.3. The van der Waals surface area contributed by atoms with Crippen molar-refractivity contribution in [2.45, 2.75) is 6.43 Å². The third-order valence-corrected chi connectivity index (χ3v) is 4.25. The molecule has 29 heavy (non-hydrogen) atoms. The van der Waals surface area contributed by atoms with Gasteiger partial charge in [0.2, 0.25) is 0 Å². The molecule has 4 aromatic rings. The summed E-state index contributed by atoms with van der Waals surface area (Å²) in [5, 5.41) is 0. The van der Waals surface area contributed by atoms with E-state index < -0.39 is 6.43 Å². The number of halogens is 2. The molecule has 0 N–H and O–H groups in total. The van der Waals surface area contributed by atoms with Crippen LogP contribution in [0, 0.1) is 0 Å². The summed E-state index contributed by atoms with van der Waals surface area (Å²) in [7, 11) is 0. The molecule has 2 aromatic carbocycles. The van der Waals surface area contributed by atoms with Crippen molar-refractivity contribution >= 4 is 11.4 Å². The van der Waals surface area contributed by atoms with Gasteiger partial charge in [0.25, 0.3) is 6.43 Å². The van der Waals surface area contributed by atoms with Gasteiger partial charge in [-0.15, -0.1) is 0 Å². The topological polar surface area (TPSA) is 51.0 Å². The summed E-state index contributed by atoms with van der Waals surface area (Å²) in [5.74, 6) is 0.157. The second kappa shape index (κ2) is 8.48. The lowest BCUT2D eigenvalue weighted by atomic mass is 10.0. The monoisotopic (exact) mass is 386 g/mol. The molecule has 4 rings (SSSR count). The van der Waals surface area contributed by atoms with Gasteiger partial charge in [0.1, 0.15) is 5.69 Å². The molecule has 0 unspecified atom stereocenters. The second-order valence-corrected chi connectivity index (χ2v) is 6.20. The highest BCUT2D eigenvalue weighted by molar-refractivity contribution is 6.13. The molecule has 142 valence electrons. The Morgan fingerprint density at radius 2 is 1.34 bits per heavy atom. The minimum atomic E-state index is -2.73. The third-order valence-electron chi connectivity index (χ3n) is 4.25. The van der Waals surface area contributed by atoms with Crippen LogP contribution >= 0.6 is 0 Å².